The van der Waals surface area contributed by atoms with Crippen LogP contribution >= 0.6 is 0 Å². The molecule has 0 fully saturated rings. The Kier molecular flexibility index (Phi) is 4.65. The van der Waals surface area contributed by atoms with Crippen molar-refractivity contribution in [2.75, 3.05) is 0 Å². The minimum Gasteiger partial charge on any atom is -0.348 e. The number of nitrogens with one attached hydrogen (secondary N) is 1. The van der Waals surface area contributed by atoms with E-state index in [0.717, 1.165) is 16.6 Å². The van der Waals surface area contributed by atoms with Gasteiger partial charge in [0.1, 0.15) is 12.4 Å². The molecule has 0 saturated carbocycles. The van der Waals surface area contributed by atoms with Gasteiger partial charge in [-0.1, -0.05) is 36.4 Å². The van der Waals surface area contributed by atoms with Crippen molar-refractivity contribution in [3.05, 3.63) is 94.4 Å². The molecule has 3 aromatic carbocycles. The third kappa shape index (κ3) is 3.27. The van der Waals surface area contributed by atoms with Gasteiger partial charge in [0.05, 0.1) is 17.1 Å². The Labute approximate surface area is 161 Å². The molecule has 4 aromatic rings. The van der Waals surface area contributed by atoms with Crippen LogP contribution in [0.15, 0.2) is 77.6 Å². The molecule has 1 aromatic heterocycles. The minimum absolute atomic E-state index is 0.0393. The van der Waals surface area contributed by atoms with Crippen LogP contribution in [0.25, 0.3) is 21.8 Å². The number of pyridine rings is 1. The zero-order valence-corrected chi connectivity index (χ0v) is 15.4. The summed E-state index contributed by atoms with van der Waals surface area (Å²) in [5, 5.41) is 4.12. The summed E-state index contributed by atoms with van der Waals surface area (Å²) >= 11 is 0. The fourth-order valence-corrected chi connectivity index (χ4v) is 3.51. The van der Waals surface area contributed by atoms with Crippen LogP contribution in [-0.4, -0.2) is 10.5 Å². The Hall–Kier alpha value is -3.47. The van der Waals surface area contributed by atoms with Crippen LogP contribution in [0.3, 0.4) is 0 Å². The summed E-state index contributed by atoms with van der Waals surface area (Å²) in [6.45, 7) is 1.93. The molecular formula is C23H19FN2O2. The Morgan fingerprint density at radius 1 is 0.929 bits per heavy atom. The van der Waals surface area contributed by atoms with E-state index >= 15 is 0 Å². The van der Waals surface area contributed by atoms with Crippen molar-refractivity contribution < 1.29 is 9.18 Å². The molecule has 5 heteroatoms. The van der Waals surface area contributed by atoms with E-state index in [9.17, 15) is 14.0 Å². The highest BCUT2D eigenvalue weighted by Crippen LogP contribution is 2.19. The highest BCUT2D eigenvalue weighted by Gasteiger charge is 2.15. The molecule has 0 spiro atoms. The molecule has 1 amide bonds. The van der Waals surface area contributed by atoms with Crippen LogP contribution in [0.2, 0.25) is 0 Å². The van der Waals surface area contributed by atoms with E-state index in [1.807, 2.05) is 47.9 Å². The Bertz CT molecular complexity index is 1170. The van der Waals surface area contributed by atoms with E-state index in [2.05, 4.69) is 5.32 Å². The van der Waals surface area contributed by atoms with Crippen molar-refractivity contribution in [3.63, 3.8) is 0 Å². The lowest BCUT2D eigenvalue weighted by Gasteiger charge is -2.18. The molecular weight excluding hydrogens is 355 g/mol. The maximum Gasteiger partial charge on any atom is 0.240 e. The lowest BCUT2D eigenvalue weighted by atomic mass is 10.1. The van der Waals surface area contributed by atoms with E-state index in [4.69, 9.17) is 0 Å². The van der Waals surface area contributed by atoms with Gasteiger partial charge in [-0.05, 0) is 48.9 Å². The maximum atomic E-state index is 13.1. The first-order valence-electron chi connectivity index (χ1n) is 9.09. The molecule has 4 rings (SSSR count). The average molecular weight is 374 g/mol. The van der Waals surface area contributed by atoms with Crippen molar-refractivity contribution in [2.45, 2.75) is 19.5 Å². The molecule has 140 valence electrons. The summed E-state index contributed by atoms with van der Waals surface area (Å²) in [6.07, 6.45) is 0. The van der Waals surface area contributed by atoms with Gasteiger partial charge < -0.3 is 9.88 Å². The van der Waals surface area contributed by atoms with Crippen LogP contribution in [0.4, 0.5) is 4.39 Å². The van der Waals surface area contributed by atoms with Gasteiger partial charge in [0.25, 0.3) is 0 Å². The van der Waals surface area contributed by atoms with E-state index in [1.54, 1.807) is 24.3 Å². The topological polar surface area (TPSA) is 51.1 Å². The molecule has 0 radical (unpaired) electrons. The maximum absolute atomic E-state index is 13.1. The van der Waals surface area contributed by atoms with Gasteiger partial charge in [-0.2, -0.15) is 0 Å². The van der Waals surface area contributed by atoms with Crippen molar-refractivity contribution in [1.29, 1.82) is 0 Å². The molecule has 0 saturated heterocycles. The number of fused-ring (bicyclic) bond motifs is 2. The van der Waals surface area contributed by atoms with Gasteiger partial charge in [-0.3, -0.25) is 9.59 Å². The Morgan fingerprint density at radius 3 is 2.04 bits per heavy atom. The van der Waals surface area contributed by atoms with Crippen molar-refractivity contribution in [2.24, 2.45) is 0 Å². The van der Waals surface area contributed by atoms with Gasteiger partial charge in [-0.25, -0.2) is 4.39 Å². The van der Waals surface area contributed by atoms with Crippen LogP contribution in [0.1, 0.15) is 18.5 Å². The van der Waals surface area contributed by atoms with Crippen molar-refractivity contribution in [3.8, 4) is 0 Å². The molecule has 4 nitrogen and oxygen atoms in total. The SMILES string of the molecule is CC(NC(=O)Cn1c2ccccc2c(=O)c2ccccc21)c1ccc(F)cc1. The second-order valence-electron chi connectivity index (χ2n) is 6.79. The van der Waals surface area contributed by atoms with E-state index in [1.165, 1.54) is 12.1 Å². The summed E-state index contributed by atoms with van der Waals surface area (Å²) in [5.74, 6) is -0.496. The Balaban J connectivity index is 1.70. The highest BCUT2D eigenvalue weighted by molar-refractivity contribution is 5.94. The standard InChI is InChI=1S/C23H19FN2O2/c1-15(16-10-12-17(24)13-11-16)25-22(27)14-26-20-8-4-2-6-18(20)23(28)19-7-3-5-9-21(19)26/h2-13,15H,14H2,1H3,(H,25,27). The lowest BCUT2D eigenvalue weighted by molar-refractivity contribution is -0.122. The first-order chi connectivity index (χ1) is 13.5. The van der Waals surface area contributed by atoms with Gasteiger partial charge in [0, 0.05) is 10.8 Å². The number of carbonyl (C=O) groups excluding carboxylic acids is 1. The van der Waals surface area contributed by atoms with Gasteiger partial charge in [-0.15, -0.1) is 0 Å². The summed E-state index contributed by atoms with van der Waals surface area (Å²) in [4.78, 5) is 25.5. The van der Waals surface area contributed by atoms with Gasteiger partial charge in [0.15, 0.2) is 5.43 Å². The smallest absolute Gasteiger partial charge is 0.240 e. The zero-order chi connectivity index (χ0) is 19.7. The summed E-state index contributed by atoms with van der Waals surface area (Å²) < 4.78 is 15.0. The van der Waals surface area contributed by atoms with E-state index < -0.39 is 0 Å². The van der Waals surface area contributed by atoms with Gasteiger partial charge in [0.2, 0.25) is 5.91 Å². The quantitative estimate of drug-likeness (QED) is 0.545. The number of benzene rings is 3. The molecule has 0 bridgehead atoms. The molecule has 0 aliphatic carbocycles. The van der Waals surface area contributed by atoms with Crippen molar-refractivity contribution >= 4 is 27.7 Å². The van der Waals surface area contributed by atoms with Crippen LogP contribution < -0.4 is 10.7 Å². The Morgan fingerprint density at radius 2 is 1.46 bits per heavy atom. The molecule has 1 heterocycles. The van der Waals surface area contributed by atoms with Crippen LogP contribution in [0, 0.1) is 5.82 Å². The van der Waals surface area contributed by atoms with Crippen LogP contribution in [0.5, 0.6) is 0 Å². The number of rotatable bonds is 4. The second-order valence-corrected chi connectivity index (χ2v) is 6.79. The molecule has 1 N–H and O–H groups in total. The number of hydrogen-bond acceptors (Lipinski definition) is 2. The zero-order valence-electron chi connectivity index (χ0n) is 15.4. The number of halogens is 1. The summed E-state index contributed by atoms with van der Waals surface area (Å²) in [5.41, 5.74) is 2.22. The molecule has 1 atom stereocenters. The number of aromatic nitrogens is 1. The number of nitrogens with zero attached hydrogens (tertiary/aromatic N) is 1. The third-order valence-corrected chi connectivity index (χ3v) is 4.93. The predicted octanol–water partition coefficient (Wildman–Crippen LogP) is 4.17. The molecule has 28 heavy (non-hydrogen) atoms. The highest BCUT2D eigenvalue weighted by atomic mass is 19.1. The number of amides is 1. The monoisotopic (exact) mass is 374 g/mol. The third-order valence-electron chi connectivity index (χ3n) is 4.93. The fourth-order valence-electron chi connectivity index (χ4n) is 3.51. The molecule has 0 aliphatic heterocycles. The van der Waals surface area contributed by atoms with Crippen LogP contribution in [-0.2, 0) is 11.3 Å². The number of hydrogen-bond donors (Lipinski definition) is 1. The lowest BCUT2D eigenvalue weighted by Crippen LogP contribution is -2.30. The summed E-state index contributed by atoms with van der Waals surface area (Å²) in [6, 6.07) is 20.4. The minimum atomic E-state index is -0.312. The molecule has 0 aliphatic rings. The normalized spacial score (nSPS) is 12.2. The fraction of sp³-hybridized carbons (Fsp3) is 0.130. The largest absolute Gasteiger partial charge is 0.348 e. The van der Waals surface area contributed by atoms with E-state index in [0.29, 0.717) is 10.8 Å². The van der Waals surface area contributed by atoms with Crippen molar-refractivity contribution in [1.82, 2.24) is 9.88 Å². The predicted molar refractivity (Wildman–Crippen MR) is 109 cm³/mol. The van der Waals surface area contributed by atoms with Gasteiger partial charge >= 0.3 is 0 Å². The first kappa shape index (κ1) is 17.9. The number of para-hydroxylation sites is 2. The average Bonchev–Trinajstić information content (AvgIpc) is 2.71. The summed E-state index contributed by atoms with van der Waals surface area (Å²) in [7, 11) is 0. The number of carbonyl (C=O) groups is 1. The molecule has 1 unspecified atom stereocenters. The second kappa shape index (κ2) is 7.27. The first-order valence-corrected chi connectivity index (χ1v) is 9.09. The van der Waals surface area contributed by atoms with E-state index in [-0.39, 0.29) is 29.7 Å².